The van der Waals surface area contributed by atoms with Gasteiger partial charge in [-0.15, -0.1) is 0 Å². The third-order valence-corrected chi connectivity index (χ3v) is 2.36. The van der Waals surface area contributed by atoms with E-state index in [0.717, 1.165) is 0 Å². The Morgan fingerprint density at radius 2 is 2.14 bits per heavy atom. The summed E-state index contributed by atoms with van der Waals surface area (Å²) in [5, 5.41) is 2.18. The van der Waals surface area contributed by atoms with Crippen LogP contribution in [-0.2, 0) is 19.1 Å². The van der Waals surface area contributed by atoms with E-state index in [-0.39, 0.29) is 5.91 Å². The number of carbonyl (C=O) groups is 3. The van der Waals surface area contributed by atoms with Gasteiger partial charge in [-0.05, 0) is 12.8 Å². The predicted octanol–water partition coefficient (Wildman–Crippen LogP) is -0.335. The lowest BCUT2D eigenvalue weighted by Crippen LogP contribution is -2.29. The maximum Gasteiger partial charge on any atom is 0.303 e. The first-order valence-electron chi connectivity index (χ1n) is 4.35. The molecule has 0 aromatic carbocycles. The van der Waals surface area contributed by atoms with Crippen LogP contribution < -0.4 is 5.32 Å². The summed E-state index contributed by atoms with van der Waals surface area (Å²) in [4.78, 5) is 33.2. The molecule has 0 saturated heterocycles. The molecule has 1 unspecified atom stereocenters. The normalized spacial score (nSPS) is 25.1. The first kappa shape index (κ1) is 8.93. The molecule has 2 amide bonds. The average Bonchev–Trinajstić information content (AvgIpc) is 2.56. The van der Waals surface area contributed by atoms with Crippen molar-refractivity contribution in [1.29, 1.82) is 0 Å². The van der Waals surface area contributed by atoms with Crippen LogP contribution in [0.5, 0.6) is 0 Å². The molecule has 5 nitrogen and oxygen atoms in total. The maximum absolute atomic E-state index is 11.3. The van der Waals surface area contributed by atoms with Crippen LogP contribution in [-0.4, -0.2) is 23.9 Å². The number of hydrogen-bond acceptors (Lipinski definition) is 4. The van der Waals surface area contributed by atoms with Gasteiger partial charge in [-0.3, -0.25) is 19.7 Å². The van der Waals surface area contributed by atoms with Crippen molar-refractivity contribution in [2.45, 2.75) is 25.9 Å². The van der Waals surface area contributed by atoms with Crippen LogP contribution in [0.25, 0.3) is 0 Å². The zero-order valence-corrected chi connectivity index (χ0v) is 7.62. The Balaban J connectivity index is 2.25. The van der Waals surface area contributed by atoms with Crippen LogP contribution in [0.4, 0.5) is 0 Å². The van der Waals surface area contributed by atoms with Crippen LogP contribution in [0.1, 0.15) is 19.8 Å². The lowest BCUT2D eigenvalue weighted by Gasteiger charge is -2.11. The van der Waals surface area contributed by atoms with E-state index < -0.39 is 18.0 Å². The number of nitrogens with one attached hydrogen (secondary N) is 1. The minimum atomic E-state index is -0.533. The first-order chi connectivity index (χ1) is 6.59. The molecule has 0 saturated carbocycles. The van der Waals surface area contributed by atoms with E-state index in [0.29, 0.717) is 24.0 Å². The molecule has 0 bridgehead atoms. The van der Waals surface area contributed by atoms with Crippen molar-refractivity contribution in [3.8, 4) is 0 Å². The molecule has 1 N–H and O–H groups in total. The fourth-order valence-corrected chi connectivity index (χ4v) is 1.83. The second-order valence-electron chi connectivity index (χ2n) is 3.31. The molecule has 0 aromatic rings. The Hall–Kier alpha value is -1.65. The summed E-state index contributed by atoms with van der Waals surface area (Å²) in [5.74, 6) is -1.20. The second-order valence-corrected chi connectivity index (χ2v) is 3.31. The Kier molecular flexibility index (Phi) is 1.87. The molecule has 0 spiro atoms. The molecule has 2 rings (SSSR count). The van der Waals surface area contributed by atoms with Gasteiger partial charge in [-0.1, -0.05) is 0 Å². The van der Waals surface area contributed by atoms with Crippen molar-refractivity contribution in [2.24, 2.45) is 0 Å². The number of carbonyl (C=O) groups excluding carboxylic acids is 3. The number of hydrogen-bond donors (Lipinski definition) is 1. The number of imide groups is 1. The van der Waals surface area contributed by atoms with Crippen molar-refractivity contribution in [3.05, 3.63) is 11.1 Å². The summed E-state index contributed by atoms with van der Waals surface area (Å²) in [6.07, 6.45) is 0.503. The number of esters is 1. The van der Waals surface area contributed by atoms with E-state index in [1.165, 1.54) is 6.92 Å². The topological polar surface area (TPSA) is 72.5 Å². The average molecular weight is 195 g/mol. The first-order valence-corrected chi connectivity index (χ1v) is 4.35. The van der Waals surface area contributed by atoms with Crippen molar-refractivity contribution in [1.82, 2.24) is 5.32 Å². The van der Waals surface area contributed by atoms with Gasteiger partial charge in [0.05, 0.1) is 5.57 Å². The zero-order valence-electron chi connectivity index (χ0n) is 7.62. The summed E-state index contributed by atoms with van der Waals surface area (Å²) >= 11 is 0. The lowest BCUT2D eigenvalue weighted by atomic mass is 10.1. The van der Waals surface area contributed by atoms with Gasteiger partial charge >= 0.3 is 5.97 Å². The van der Waals surface area contributed by atoms with Crippen LogP contribution >= 0.6 is 0 Å². The van der Waals surface area contributed by atoms with Crippen LogP contribution in [0.15, 0.2) is 11.1 Å². The molecule has 0 radical (unpaired) electrons. The smallest absolute Gasteiger partial charge is 0.303 e. The van der Waals surface area contributed by atoms with E-state index >= 15 is 0 Å². The predicted molar refractivity (Wildman–Crippen MR) is 45.0 cm³/mol. The molecule has 14 heavy (non-hydrogen) atoms. The molecule has 0 fully saturated rings. The Labute approximate surface area is 80.1 Å². The van der Waals surface area contributed by atoms with Crippen molar-refractivity contribution < 1.29 is 19.1 Å². The molecule has 1 aliphatic heterocycles. The molecule has 1 atom stereocenters. The van der Waals surface area contributed by atoms with E-state index in [2.05, 4.69) is 5.32 Å². The Morgan fingerprint density at radius 1 is 1.43 bits per heavy atom. The Morgan fingerprint density at radius 3 is 2.79 bits per heavy atom. The molecular weight excluding hydrogens is 186 g/mol. The quantitative estimate of drug-likeness (QED) is 0.459. The van der Waals surface area contributed by atoms with E-state index in [1.54, 1.807) is 0 Å². The number of ether oxygens (including phenoxy) is 1. The summed E-state index contributed by atoms with van der Waals surface area (Å²) in [5.41, 5.74) is 0.812. The van der Waals surface area contributed by atoms with E-state index in [4.69, 9.17) is 4.74 Å². The van der Waals surface area contributed by atoms with E-state index in [1.807, 2.05) is 0 Å². The maximum atomic E-state index is 11.3. The zero-order chi connectivity index (χ0) is 10.3. The number of rotatable bonds is 1. The van der Waals surface area contributed by atoms with Gasteiger partial charge in [0, 0.05) is 12.5 Å². The molecule has 74 valence electrons. The molecule has 2 aliphatic rings. The molecule has 1 heterocycles. The minimum Gasteiger partial charge on any atom is -0.457 e. The molecule has 1 aliphatic carbocycles. The molecule has 5 heteroatoms. The summed E-state index contributed by atoms with van der Waals surface area (Å²) in [6.45, 7) is 1.28. The number of amides is 2. The van der Waals surface area contributed by atoms with Gasteiger partial charge in [0.25, 0.3) is 11.8 Å². The van der Waals surface area contributed by atoms with Gasteiger partial charge in [0.2, 0.25) is 0 Å². The Bertz CT molecular complexity index is 369. The van der Waals surface area contributed by atoms with E-state index in [9.17, 15) is 14.4 Å². The van der Waals surface area contributed by atoms with Gasteiger partial charge in [-0.2, -0.15) is 0 Å². The highest BCUT2D eigenvalue weighted by Crippen LogP contribution is 2.32. The van der Waals surface area contributed by atoms with Gasteiger partial charge in [0.1, 0.15) is 6.10 Å². The monoisotopic (exact) mass is 195 g/mol. The SMILES string of the molecule is CC(=O)OC1CCC2=C1C(=O)NC2=O. The van der Waals surface area contributed by atoms with Crippen LogP contribution in [0.3, 0.4) is 0 Å². The fraction of sp³-hybridized carbons (Fsp3) is 0.444. The lowest BCUT2D eigenvalue weighted by molar-refractivity contribution is -0.144. The standard InChI is InChI=1S/C9H9NO4/c1-4(11)14-6-3-2-5-7(6)9(13)10-8(5)12/h6H,2-3H2,1H3,(H,10,12,13). The summed E-state index contributed by atoms with van der Waals surface area (Å²) in [7, 11) is 0. The van der Waals surface area contributed by atoms with Crippen LogP contribution in [0.2, 0.25) is 0 Å². The van der Waals surface area contributed by atoms with Crippen molar-refractivity contribution in [3.63, 3.8) is 0 Å². The third kappa shape index (κ3) is 1.21. The summed E-state index contributed by atoms with van der Waals surface area (Å²) < 4.78 is 4.93. The fourth-order valence-electron chi connectivity index (χ4n) is 1.83. The molecule has 0 aromatic heterocycles. The van der Waals surface area contributed by atoms with Crippen molar-refractivity contribution in [2.75, 3.05) is 0 Å². The summed E-state index contributed by atoms with van der Waals surface area (Å²) in [6, 6.07) is 0. The highest BCUT2D eigenvalue weighted by molar-refractivity contribution is 6.20. The highest BCUT2D eigenvalue weighted by atomic mass is 16.5. The largest absolute Gasteiger partial charge is 0.457 e. The van der Waals surface area contributed by atoms with Crippen LogP contribution in [0, 0.1) is 0 Å². The third-order valence-electron chi connectivity index (χ3n) is 2.36. The van der Waals surface area contributed by atoms with Gasteiger partial charge < -0.3 is 4.74 Å². The van der Waals surface area contributed by atoms with Gasteiger partial charge in [-0.25, -0.2) is 0 Å². The van der Waals surface area contributed by atoms with Gasteiger partial charge in [0.15, 0.2) is 0 Å². The highest BCUT2D eigenvalue weighted by Gasteiger charge is 2.41. The molecular formula is C9H9NO4. The van der Waals surface area contributed by atoms with Crippen molar-refractivity contribution >= 4 is 17.8 Å². The minimum absolute atomic E-state index is 0.338. The second kappa shape index (κ2) is 2.94.